The largest absolute Gasteiger partial charge is 0.382 e. The third-order valence-electron chi connectivity index (χ3n) is 7.60. The Morgan fingerprint density at radius 2 is 1.95 bits per heavy atom. The van der Waals surface area contributed by atoms with Crippen LogP contribution >= 0.6 is 11.3 Å². The average molecular weight is 542 g/mol. The summed E-state index contributed by atoms with van der Waals surface area (Å²) in [6.07, 6.45) is 6.88. The van der Waals surface area contributed by atoms with Crippen molar-refractivity contribution in [3.8, 4) is 28.0 Å². The van der Waals surface area contributed by atoms with Crippen molar-refractivity contribution in [2.45, 2.75) is 52.1 Å². The molecule has 5 heterocycles. The molecule has 11 heteroatoms. The van der Waals surface area contributed by atoms with Crippen LogP contribution in [0.15, 0.2) is 36.7 Å². The lowest BCUT2D eigenvalue weighted by atomic mass is 9.73. The van der Waals surface area contributed by atoms with Crippen molar-refractivity contribution in [2.24, 2.45) is 11.8 Å². The van der Waals surface area contributed by atoms with Gasteiger partial charge in [0.1, 0.15) is 6.07 Å². The molecule has 2 bridgehead atoms. The first kappa shape index (κ1) is 25.2. The molecule has 6 rings (SSSR count). The first-order valence-corrected chi connectivity index (χ1v) is 14.2. The summed E-state index contributed by atoms with van der Waals surface area (Å²) >= 11 is 1.59. The molecule has 1 aliphatic heterocycles. The Kier molecular flexibility index (Phi) is 6.64. The fourth-order valence-corrected chi connectivity index (χ4v) is 6.85. The van der Waals surface area contributed by atoms with Crippen LogP contribution in [0.1, 0.15) is 45.6 Å². The van der Waals surface area contributed by atoms with Gasteiger partial charge in [-0.3, -0.25) is 9.78 Å². The van der Waals surface area contributed by atoms with Crippen molar-refractivity contribution >= 4 is 33.6 Å². The third kappa shape index (κ3) is 4.92. The smallest absolute Gasteiger partial charge is 0.217 e. The number of fused-ring (bicyclic) bond motifs is 3. The van der Waals surface area contributed by atoms with Gasteiger partial charge in [0.25, 0.3) is 0 Å². The van der Waals surface area contributed by atoms with Gasteiger partial charge in [-0.25, -0.2) is 4.52 Å². The van der Waals surface area contributed by atoms with Gasteiger partial charge in [0.2, 0.25) is 11.0 Å². The second kappa shape index (κ2) is 10.3. The monoisotopic (exact) mass is 541 g/mol. The lowest BCUT2D eigenvalue weighted by molar-refractivity contribution is -0.120. The Hall–Kier alpha value is -4.04. The lowest BCUT2D eigenvalue weighted by Crippen LogP contribution is -2.58. The minimum absolute atomic E-state index is 0.0560. The van der Waals surface area contributed by atoms with Crippen molar-refractivity contribution in [3.63, 3.8) is 0 Å². The summed E-state index contributed by atoms with van der Waals surface area (Å²) in [5.41, 5.74) is 4.82. The van der Waals surface area contributed by atoms with E-state index in [1.807, 2.05) is 30.5 Å². The summed E-state index contributed by atoms with van der Waals surface area (Å²) in [4.78, 5) is 18.9. The Balaban J connectivity index is 1.29. The molecule has 2 fully saturated rings. The Labute approximate surface area is 231 Å². The number of nitrogens with one attached hydrogen (secondary N) is 2. The summed E-state index contributed by atoms with van der Waals surface area (Å²) in [5, 5.41) is 31.3. The van der Waals surface area contributed by atoms with E-state index in [0.29, 0.717) is 17.4 Å². The molecule has 39 heavy (non-hydrogen) atoms. The fraction of sp³-hybridized carbons (Fsp3) is 0.429. The van der Waals surface area contributed by atoms with Crippen LogP contribution in [0.25, 0.3) is 27.5 Å². The maximum absolute atomic E-state index is 11.8. The Morgan fingerprint density at radius 1 is 1.15 bits per heavy atom. The van der Waals surface area contributed by atoms with Gasteiger partial charge < -0.3 is 15.5 Å². The minimum atomic E-state index is 0.0560. The van der Waals surface area contributed by atoms with Crippen molar-refractivity contribution in [1.29, 1.82) is 5.26 Å². The quantitative estimate of drug-likeness (QED) is 0.369. The summed E-state index contributed by atoms with van der Waals surface area (Å²) in [7, 11) is 0. The Bertz CT molecular complexity index is 1550. The molecule has 1 aliphatic carbocycles. The van der Waals surface area contributed by atoms with Crippen LogP contribution in [0, 0.1) is 23.2 Å². The zero-order valence-electron chi connectivity index (χ0n) is 22.3. The summed E-state index contributed by atoms with van der Waals surface area (Å²) in [6.45, 7) is 7.58. The number of anilines is 2. The molecule has 4 aromatic rings. The average Bonchev–Trinajstić information content (AvgIpc) is 3.55. The van der Waals surface area contributed by atoms with Crippen LogP contribution in [-0.4, -0.2) is 55.9 Å². The first-order chi connectivity index (χ1) is 18.9. The number of aromatic nitrogens is 5. The lowest BCUT2D eigenvalue weighted by Gasteiger charge is -2.47. The predicted octanol–water partition coefficient (Wildman–Crippen LogP) is 4.35. The topological polar surface area (TPSA) is 124 Å². The molecular weight excluding hydrogens is 510 g/mol. The number of hydrogen-bond donors (Lipinski definition) is 2. The second-order valence-electron chi connectivity index (χ2n) is 10.8. The van der Waals surface area contributed by atoms with E-state index in [0.717, 1.165) is 64.2 Å². The summed E-state index contributed by atoms with van der Waals surface area (Å²) in [6, 6.07) is 10.3. The van der Waals surface area contributed by atoms with Gasteiger partial charge in [0.15, 0.2) is 5.01 Å². The van der Waals surface area contributed by atoms with Gasteiger partial charge in [-0.05, 0) is 62.8 Å². The molecule has 1 saturated heterocycles. The van der Waals surface area contributed by atoms with E-state index in [-0.39, 0.29) is 18.0 Å². The van der Waals surface area contributed by atoms with Crippen LogP contribution in [0.5, 0.6) is 0 Å². The predicted molar refractivity (Wildman–Crippen MR) is 151 cm³/mol. The van der Waals surface area contributed by atoms with Crippen molar-refractivity contribution < 1.29 is 4.79 Å². The van der Waals surface area contributed by atoms with Crippen LogP contribution in [0.2, 0.25) is 0 Å². The number of rotatable bonds is 6. The van der Waals surface area contributed by atoms with Crippen LogP contribution in [-0.2, 0) is 4.79 Å². The second-order valence-corrected chi connectivity index (χ2v) is 11.8. The standard InChI is InChI=1S/C28H31N9OS/c1-16(2)32-23-10-24(25-8-7-21-9-18(11-29)12-31-37(21)25)30-13-22(23)27-34-35-28(39-27)36-14-19-5-4-6-20(15-36)26(19)33-17(3)38/h7-10,12-13,16,19-20,26H,4-6,14-15H2,1-3H3,(H,30,32)(H,33,38)/t19-,20+,26-. The van der Waals surface area contributed by atoms with Gasteiger partial charge in [0.05, 0.1) is 34.2 Å². The van der Waals surface area contributed by atoms with E-state index >= 15 is 0 Å². The molecule has 2 aliphatic rings. The third-order valence-corrected chi connectivity index (χ3v) is 8.62. The SMILES string of the molecule is CC(=O)N[C@@H]1[C@@H]2CCC[C@H]1CN(c1nnc(-c3cnc(-c4ccc5cc(C#N)cnn45)cc3NC(C)C)s1)C2. The number of carbonyl (C=O) groups excluding carboxylic acids is 1. The van der Waals surface area contributed by atoms with E-state index in [9.17, 15) is 10.1 Å². The minimum Gasteiger partial charge on any atom is -0.382 e. The highest BCUT2D eigenvalue weighted by Crippen LogP contribution is 2.40. The maximum atomic E-state index is 11.8. The zero-order valence-corrected chi connectivity index (χ0v) is 23.1. The van der Waals surface area contributed by atoms with E-state index in [4.69, 9.17) is 4.98 Å². The number of pyridine rings is 1. The van der Waals surface area contributed by atoms with Crippen molar-refractivity contribution in [2.75, 3.05) is 23.3 Å². The molecule has 0 radical (unpaired) electrons. The summed E-state index contributed by atoms with van der Waals surface area (Å²) < 4.78 is 1.80. The van der Waals surface area contributed by atoms with Gasteiger partial charge in [-0.15, -0.1) is 10.2 Å². The molecule has 0 aromatic carbocycles. The number of piperidine rings is 1. The van der Waals surface area contributed by atoms with Gasteiger partial charge >= 0.3 is 0 Å². The highest BCUT2D eigenvalue weighted by Gasteiger charge is 2.40. The van der Waals surface area contributed by atoms with E-state index in [2.05, 4.69) is 50.7 Å². The molecule has 4 aromatic heterocycles. The number of hydrogen-bond acceptors (Lipinski definition) is 9. The van der Waals surface area contributed by atoms with Gasteiger partial charge in [0, 0.05) is 44.0 Å². The molecule has 0 spiro atoms. The fourth-order valence-electron chi connectivity index (χ4n) is 5.97. The van der Waals surface area contributed by atoms with Gasteiger partial charge in [-0.2, -0.15) is 10.4 Å². The van der Waals surface area contributed by atoms with Crippen LogP contribution in [0.3, 0.4) is 0 Å². The number of carbonyl (C=O) groups is 1. The highest BCUT2D eigenvalue weighted by atomic mass is 32.1. The van der Waals surface area contributed by atoms with E-state index in [1.54, 1.807) is 29.0 Å². The molecule has 1 saturated carbocycles. The normalized spacial score (nSPS) is 20.7. The Morgan fingerprint density at radius 3 is 2.67 bits per heavy atom. The molecule has 10 nitrogen and oxygen atoms in total. The van der Waals surface area contributed by atoms with E-state index < -0.39 is 0 Å². The molecule has 200 valence electrons. The maximum Gasteiger partial charge on any atom is 0.217 e. The van der Waals surface area contributed by atoms with E-state index in [1.165, 1.54) is 6.42 Å². The molecule has 1 amide bonds. The number of nitrogens with zero attached hydrogens (tertiary/aromatic N) is 7. The first-order valence-electron chi connectivity index (χ1n) is 13.4. The number of amides is 1. The summed E-state index contributed by atoms with van der Waals surface area (Å²) in [5.74, 6) is 0.922. The molecule has 2 N–H and O–H groups in total. The van der Waals surface area contributed by atoms with Crippen molar-refractivity contribution in [1.82, 2.24) is 30.1 Å². The molecular formula is C28H31N9OS. The number of nitriles is 1. The highest BCUT2D eigenvalue weighted by molar-refractivity contribution is 7.18. The zero-order chi connectivity index (χ0) is 27.1. The van der Waals surface area contributed by atoms with Gasteiger partial charge in [-0.1, -0.05) is 17.8 Å². The van der Waals surface area contributed by atoms with Crippen LogP contribution < -0.4 is 15.5 Å². The van der Waals surface area contributed by atoms with Crippen molar-refractivity contribution in [3.05, 3.63) is 42.2 Å². The molecule has 0 unspecified atom stereocenters. The van der Waals surface area contributed by atoms with Crippen LogP contribution in [0.4, 0.5) is 10.8 Å². The molecule has 3 atom stereocenters.